The molecule has 0 aromatic heterocycles. The molecule has 0 radical (unpaired) electrons. The number of nitrogens with zero attached hydrogens (tertiary/aromatic N) is 1. The fraction of sp³-hybridized carbons (Fsp3) is 1.00. The first-order chi connectivity index (χ1) is 13.2. The van der Waals surface area contributed by atoms with E-state index in [1.54, 1.807) is 0 Å². The molecule has 2 aliphatic heterocycles. The summed E-state index contributed by atoms with van der Waals surface area (Å²) in [4.78, 5) is 2.79. The van der Waals surface area contributed by atoms with Crippen LogP contribution in [0.1, 0.15) is 71.6 Å². The standard InChI is InChI=1S/C24H44N2O/c1-17-7-6-8-21(18(17)2)19-9-11-20(12-10-19)24-22-15-25-13-4-5-14-26(22)23(24)16-27-3/h17-25H,4-16H2,1-3H3/t17?,18?,19?,20?,21?,22-,23?,24-/m0/s1. The fourth-order valence-electron chi connectivity index (χ4n) is 7.47. The van der Waals surface area contributed by atoms with Crippen molar-refractivity contribution in [2.45, 2.75) is 83.7 Å². The molecular formula is C24H44N2O. The zero-order valence-electron chi connectivity index (χ0n) is 18.2. The van der Waals surface area contributed by atoms with Crippen molar-refractivity contribution in [2.75, 3.05) is 33.4 Å². The predicted octanol–water partition coefficient (Wildman–Crippen LogP) is 4.56. The van der Waals surface area contributed by atoms with Gasteiger partial charge in [-0.05, 0) is 93.5 Å². The van der Waals surface area contributed by atoms with Crippen LogP contribution in [0.5, 0.6) is 0 Å². The third-order valence-electron chi connectivity index (χ3n) is 9.19. The molecule has 0 aromatic carbocycles. The third-order valence-corrected chi connectivity index (χ3v) is 9.19. The Morgan fingerprint density at radius 3 is 2.48 bits per heavy atom. The molecule has 156 valence electrons. The number of ether oxygens (including phenoxy) is 1. The van der Waals surface area contributed by atoms with Crippen molar-refractivity contribution in [3.8, 4) is 0 Å². The Morgan fingerprint density at radius 2 is 1.70 bits per heavy atom. The molecule has 4 rings (SSSR count). The van der Waals surface area contributed by atoms with Crippen molar-refractivity contribution in [2.24, 2.45) is 35.5 Å². The van der Waals surface area contributed by atoms with Gasteiger partial charge < -0.3 is 10.1 Å². The first-order valence-electron chi connectivity index (χ1n) is 12.2. The van der Waals surface area contributed by atoms with Gasteiger partial charge in [-0.3, -0.25) is 4.90 Å². The van der Waals surface area contributed by atoms with Gasteiger partial charge >= 0.3 is 0 Å². The lowest BCUT2D eigenvalue weighted by molar-refractivity contribution is -0.122. The second kappa shape index (κ2) is 9.13. The van der Waals surface area contributed by atoms with Crippen LogP contribution in [0.2, 0.25) is 0 Å². The van der Waals surface area contributed by atoms with E-state index in [2.05, 4.69) is 24.1 Å². The molecule has 27 heavy (non-hydrogen) atoms. The lowest BCUT2D eigenvalue weighted by Gasteiger charge is -2.59. The maximum Gasteiger partial charge on any atom is 0.0621 e. The van der Waals surface area contributed by atoms with E-state index in [0.29, 0.717) is 6.04 Å². The molecule has 4 unspecified atom stereocenters. The molecular weight excluding hydrogens is 332 g/mol. The molecule has 0 bridgehead atoms. The molecule has 6 atom stereocenters. The Bertz CT molecular complexity index is 455. The first-order valence-corrected chi connectivity index (χ1v) is 12.2. The van der Waals surface area contributed by atoms with E-state index >= 15 is 0 Å². The number of rotatable bonds is 4. The summed E-state index contributed by atoms with van der Waals surface area (Å²) in [6, 6.07) is 1.47. The third kappa shape index (κ3) is 4.12. The maximum atomic E-state index is 5.67. The Morgan fingerprint density at radius 1 is 0.926 bits per heavy atom. The van der Waals surface area contributed by atoms with Crippen molar-refractivity contribution in [3.63, 3.8) is 0 Å². The highest BCUT2D eigenvalue weighted by Gasteiger charge is 2.51. The minimum Gasteiger partial charge on any atom is -0.383 e. The van der Waals surface area contributed by atoms with E-state index in [9.17, 15) is 0 Å². The molecule has 0 spiro atoms. The number of methoxy groups -OCH3 is 1. The van der Waals surface area contributed by atoms with Crippen LogP contribution >= 0.6 is 0 Å². The number of nitrogens with one attached hydrogen (secondary N) is 1. The molecule has 3 heteroatoms. The Hall–Kier alpha value is -0.120. The summed E-state index contributed by atoms with van der Waals surface area (Å²) in [5.41, 5.74) is 0. The second-order valence-corrected chi connectivity index (χ2v) is 10.4. The summed E-state index contributed by atoms with van der Waals surface area (Å²) in [6.45, 7) is 9.72. The zero-order chi connectivity index (χ0) is 18.8. The quantitative estimate of drug-likeness (QED) is 0.778. The average Bonchev–Trinajstić information content (AvgIpc) is 2.66. The molecule has 2 saturated carbocycles. The van der Waals surface area contributed by atoms with Crippen molar-refractivity contribution in [1.82, 2.24) is 10.2 Å². The predicted molar refractivity (Wildman–Crippen MR) is 113 cm³/mol. The number of hydrogen-bond acceptors (Lipinski definition) is 3. The van der Waals surface area contributed by atoms with E-state index in [0.717, 1.165) is 48.2 Å². The summed E-state index contributed by atoms with van der Waals surface area (Å²) in [5, 5.41) is 3.74. The smallest absolute Gasteiger partial charge is 0.0621 e. The van der Waals surface area contributed by atoms with Gasteiger partial charge in [-0.2, -0.15) is 0 Å². The largest absolute Gasteiger partial charge is 0.383 e. The molecule has 2 heterocycles. The lowest BCUT2D eigenvalue weighted by atomic mass is 9.60. The molecule has 1 N–H and O–H groups in total. The van der Waals surface area contributed by atoms with Crippen LogP contribution in [-0.2, 0) is 4.74 Å². The van der Waals surface area contributed by atoms with E-state index in [-0.39, 0.29) is 0 Å². The lowest BCUT2D eigenvalue weighted by Crippen LogP contribution is -2.70. The normalized spacial score (nSPS) is 46.8. The van der Waals surface area contributed by atoms with Crippen LogP contribution in [0.4, 0.5) is 0 Å². The number of fused-ring (bicyclic) bond motifs is 1. The monoisotopic (exact) mass is 376 g/mol. The van der Waals surface area contributed by atoms with Crippen molar-refractivity contribution in [3.05, 3.63) is 0 Å². The topological polar surface area (TPSA) is 24.5 Å². The van der Waals surface area contributed by atoms with Gasteiger partial charge in [0.1, 0.15) is 0 Å². The minimum absolute atomic E-state index is 0.690. The summed E-state index contributed by atoms with van der Waals surface area (Å²) in [6.07, 6.45) is 13.1. The Balaban J connectivity index is 1.36. The van der Waals surface area contributed by atoms with Gasteiger partial charge in [0.15, 0.2) is 0 Å². The van der Waals surface area contributed by atoms with Gasteiger partial charge in [0.05, 0.1) is 6.61 Å². The van der Waals surface area contributed by atoms with Gasteiger partial charge in [0, 0.05) is 25.7 Å². The van der Waals surface area contributed by atoms with E-state index in [4.69, 9.17) is 4.74 Å². The highest BCUT2D eigenvalue weighted by atomic mass is 16.5. The van der Waals surface area contributed by atoms with Gasteiger partial charge in [-0.25, -0.2) is 0 Å². The first kappa shape index (κ1) is 20.2. The second-order valence-electron chi connectivity index (χ2n) is 10.4. The highest BCUT2D eigenvalue weighted by molar-refractivity contribution is 5.05. The molecule has 4 fully saturated rings. The SMILES string of the molecule is COCC1[C@@H](C2CCC(C3CCCC(C)C3C)CC2)[C@@H]2CNCCCCN12. The fourth-order valence-corrected chi connectivity index (χ4v) is 7.47. The van der Waals surface area contributed by atoms with Crippen LogP contribution in [-0.4, -0.2) is 50.3 Å². The zero-order valence-corrected chi connectivity index (χ0v) is 18.2. The van der Waals surface area contributed by atoms with Gasteiger partial charge in [-0.15, -0.1) is 0 Å². The summed E-state index contributed by atoms with van der Waals surface area (Å²) in [7, 11) is 1.90. The molecule has 0 aromatic rings. The maximum absolute atomic E-state index is 5.67. The molecule has 3 nitrogen and oxygen atoms in total. The van der Waals surface area contributed by atoms with Crippen LogP contribution in [0.25, 0.3) is 0 Å². The molecule has 2 saturated heterocycles. The van der Waals surface area contributed by atoms with Crippen molar-refractivity contribution in [1.29, 1.82) is 0 Å². The average molecular weight is 377 g/mol. The van der Waals surface area contributed by atoms with Gasteiger partial charge in [0.2, 0.25) is 0 Å². The molecule has 0 amide bonds. The Kier molecular flexibility index (Phi) is 6.82. The Labute approximate surface area is 168 Å². The van der Waals surface area contributed by atoms with Crippen molar-refractivity contribution >= 4 is 0 Å². The van der Waals surface area contributed by atoms with Gasteiger partial charge in [-0.1, -0.05) is 26.7 Å². The van der Waals surface area contributed by atoms with E-state index < -0.39 is 0 Å². The highest BCUT2D eigenvalue weighted by Crippen LogP contribution is 2.49. The minimum atomic E-state index is 0.690. The van der Waals surface area contributed by atoms with Crippen LogP contribution in [0.3, 0.4) is 0 Å². The summed E-state index contributed by atoms with van der Waals surface area (Å²) >= 11 is 0. The number of hydrogen-bond donors (Lipinski definition) is 1. The van der Waals surface area contributed by atoms with E-state index in [1.807, 2.05) is 7.11 Å². The van der Waals surface area contributed by atoms with E-state index in [1.165, 1.54) is 77.4 Å². The summed E-state index contributed by atoms with van der Waals surface area (Å²) in [5.74, 6) is 5.76. The molecule has 2 aliphatic carbocycles. The van der Waals surface area contributed by atoms with Crippen molar-refractivity contribution < 1.29 is 4.74 Å². The van der Waals surface area contributed by atoms with Crippen LogP contribution < -0.4 is 5.32 Å². The summed E-state index contributed by atoms with van der Waals surface area (Å²) < 4.78 is 5.67. The molecule has 4 aliphatic rings. The van der Waals surface area contributed by atoms with Crippen LogP contribution in [0.15, 0.2) is 0 Å². The van der Waals surface area contributed by atoms with Gasteiger partial charge in [0.25, 0.3) is 0 Å². The van der Waals surface area contributed by atoms with Crippen LogP contribution in [0, 0.1) is 35.5 Å².